The number of nitrogens with one attached hydrogen (secondary N) is 4. The van der Waals surface area contributed by atoms with Crippen LogP contribution in [0.2, 0.25) is 0 Å². The van der Waals surface area contributed by atoms with Crippen molar-refractivity contribution in [2.45, 2.75) is 78.8 Å². The van der Waals surface area contributed by atoms with E-state index in [1.165, 1.54) is 0 Å². The van der Waals surface area contributed by atoms with E-state index in [0.29, 0.717) is 44.8 Å². The standard InChI is InChI=1S/C28H42F6N6.2C2H6/c29-27(30,31)25-16-24(17-26(18-25)28(32,33)34)23-14-21(19-39-11-3-9-37-7-1-5-35)13-22(15-23)20-40-12-4-10-38-8-2-6-36;2*1-2/h13-18,37-40H,1-12,19-20,35-36H2;2*1-2H3. The largest absolute Gasteiger partial charge is 0.416 e. The smallest absolute Gasteiger partial charge is 0.330 e. The van der Waals surface area contributed by atoms with Gasteiger partial charge < -0.3 is 32.7 Å². The van der Waals surface area contributed by atoms with Crippen LogP contribution < -0.4 is 32.7 Å². The highest BCUT2D eigenvalue weighted by atomic mass is 19.4. The minimum absolute atomic E-state index is 0.126. The fraction of sp³-hybridized carbons (Fsp3) is 0.625. The van der Waals surface area contributed by atoms with Gasteiger partial charge in [0.25, 0.3) is 0 Å². The Bertz CT molecular complexity index is 928. The van der Waals surface area contributed by atoms with Gasteiger partial charge >= 0.3 is 12.4 Å². The topological polar surface area (TPSA) is 100 Å². The zero-order valence-electron chi connectivity index (χ0n) is 26.8. The molecule has 0 radical (unpaired) electrons. The van der Waals surface area contributed by atoms with Gasteiger partial charge in [0.15, 0.2) is 0 Å². The third-order valence-electron chi connectivity index (χ3n) is 6.16. The molecule has 2 rings (SSSR count). The number of nitrogens with two attached hydrogens (primary N) is 2. The average molecular weight is 637 g/mol. The molecule has 0 atom stereocenters. The Balaban J connectivity index is 0.00000443. The Morgan fingerprint density at radius 3 is 1.18 bits per heavy atom. The maximum absolute atomic E-state index is 13.5. The first-order valence-corrected chi connectivity index (χ1v) is 15.7. The highest BCUT2D eigenvalue weighted by Gasteiger charge is 2.37. The number of benzene rings is 2. The van der Waals surface area contributed by atoms with Crippen LogP contribution in [0.5, 0.6) is 0 Å². The molecule has 0 unspecified atom stereocenters. The van der Waals surface area contributed by atoms with Crippen LogP contribution in [-0.2, 0) is 25.4 Å². The van der Waals surface area contributed by atoms with Crippen LogP contribution in [0.1, 0.15) is 75.6 Å². The highest BCUT2D eigenvalue weighted by Crippen LogP contribution is 2.39. The summed E-state index contributed by atoms with van der Waals surface area (Å²) in [4.78, 5) is 0. The van der Waals surface area contributed by atoms with E-state index < -0.39 is 23.5 Å². The van der Waals surface area contributed by atoms with Crippen LogP contribution in [0, 0.1) is 0 Å². The van der Waals surface area contributed by atoms with E-state index >= 15 is 0 Å². The summed E-state index contributed by atoms with van der Waals surface area (Å²) in [5, 5.41) is 13.2. The summed E-state index contributed by atoms with van der Waals surface area (Å²) in [6.07, 6.45) is -6.30. The summed E-state index contributed by atoms with van der Waals surface area (Å²) in [7, 11) is 0. The fourth-order valence-electron chi connectivity index (χ4n) is 4.10. The van der Waals surface area contributed by atoms with E-state index in [4.69, 9.17) is 11.5 Å². The summed E-state index contributed by atoms with van der Waals surface area (Å²) >= 11 is 0. The maximum atomic E-state index is 13.5. The van der Waals surface area contributed by atoms with E-state index in [9.17, 15) is 26.3 Å². The van der Waals surface area contributed by atoms with Crippen LogP contribution >= 0.6 is 0 Å². The fourth-order valence-corrected chi connectivity index (χ4v) is 4.10. The van der Waals surface area contributed by atoms with Crippen LogP contribution in [0.25, 0.3) is 11.1 Å². The van der Waals surface area contributed by atoms with Crippen LogP contribution in [0.15, 0.2) is 36.4 Å². The summed E-state index contributed by atoms with van der Waals surface area (Å²) < 4.78 is 80.8. The monoisotopic (exact) mass is 636 g/mol. The zero-order chi connectivity index (χ0) is 33.4. The molecule has 0 aliphatic carbocycles. The van der Waals surface area contributed by atoms with Gasteiger partial charge in [0.05, 0.1) is 11.1 Å². The lowest BCUT2D eigenvalue weighted by atomic mass is 9.95. The van der Waals surface area contributed by atoms with Gasteiger partial charge in [0, 0.05) is 13.1 Å². The highest BCUT2D eigenvalue weighted by molar-refractivity contribution is 5.67. The molecule has 2 aromatic carbocycles. The number of hydrogen-bond acceptors (Lipinski definition) is 6. The van der Waals surface area contributed by atoms with Crippen molar-refractivity contribution in [1.82, 2.24) is 21.3 Å². The van der Waals surface area contributed by atoms with E-state index in [2.05, 4.69) is 21.3 Å². The number of hydrogen-bond donors (Lipinski definition) is 6. The molecule has 6 nitrogen and oxygen atoms in total. The third kappa shape index (κ3) is 17.9. The van der Waals surface area contributed by atoms with Gasteiger partial charge in [-0.1, -0.05) is 33.8 Å². The summed E-state index contributed by atoms with van der Waals surface area (Å²) in [5.41, 5.74) is 10.0. The molecule has 0 saturated heterocycles. The van der Waals surface area contributed by atoms with Gasteiger partial charge in [-0.05, 0) is 131 Å². The molecule has 254 valence electrons. The van der Waals surface area contributed by atoms with Crippen molar-refractivity contribution in [2.24, 2.45) is 11.5 Å². The molecular weight excluding hydrogens is 582 g/mol. The molecule has 0 aromatic heterocycles. The van der Waals surface area contributed by atoms with Gasteiger partial charge in [0.2, 0.25) is 0 Å². The van der Waals surface area contributed by atoms with Gasteiger partial charge in [0.1, 0.15) is 0 Å². The van der Waals surface area contributed by atoms with Gasteiger partial charge in [-0.15, -0.1) is 0 Å². The number of rotatable bonds is 19. The first-order chi connectivity index (χ1) is 21.0. The van der Waals surface area contributed by atoms with Crippen molar-refractivity contribution >= 4 is 0 Å². The van der Waals surface area contributed by atoms with Crippen LogP contribution in [0.3, 0.4) is 0 Å². The second-order valence-electron chi connectivity index (χ2n) is 9.68. The first-order valence-electron chi connectivity index (χ1n) is 15.7. The van der Waals surface area contributed by atoms with E-state index in [1.807, 2.05) is 33.8 Å². The van der Waals surface area contributed by atoms with Crippen LogP contribution in [0.4, 0.5) is 26.3 Å². The zero-order valence-corrected chi connectivity index (χ0v) is 26.8. The molecule has 44 heavy (non-hydrogen) atoms. The number of alkyl halides is 6. The second-order valence-corrected chi connectivity index (χ2v) is 9.68. The maximum Gasteiger partial charge on any atom is 0.416 e. The Labute approximate surface area is 260 Å². The molecule has 0 fully saturated rings. The SMILES string of the molecule is CC.CC.NCCCNCCCNCc1cc(CNCCCNCCCN)cc(-c2cc(C(F)(F)F)cc(C(F)(F)F)c2)c1. The molecule has 0 heterocycles. The Hall–Kier alpha value is -2.22. The molecule has 8 N–H and O–H groups in total. The lowest BCUT2D eigenvalue weighted by Crippen LogP contribution is -2.24. The molecule has 2 aromatic rings. The van der Waals surface area contributed by atoms with Crippen molar-refractivity contribution in [2.75, 3.05) is 52.4 Å². The van der Waals surface area contributed by atoms with E-state index in [-0.39, 0.29) is 11.6 Å². The lowest BCUT2D eigenvalue weighted by Gasteiger charge is -2.16. The molecule has 0 aliphatic rings. The molecule has 0 saturated carbocycles. The quantitative estimate of drug-likeness (QED) is 0.0803. The van der Waals surface area contributed by atoms with Crippen molar-refractivity contribution in [3.63, 3.8) is 0 Å². The second kappa shape index (κ2) is 24.1. The van der Waals surface area contributed by atoms with E-state index in [0.717, 1.165) is 75.1 Å². The summed E-state index contributed by atoms with van der Waals surface area (Å²) in [6.45, 7) is 14.8. The first kappa shape index (κ1) is 41.8. The minimum Gasteiger partial charge on any atom is -0.330 e. The van der Waals surface area contributed by atoms with Gasteiger partial charge in [-0.2, -0.15) is 26.3 Å². The summed E-state index contributed by atoms with van der Waals surface area (Å²) in [6, 6.07) is 6.92. The summed E-state index contributed by atoms with van der Waals surface area (Å²) in [5.74, 6) is 0. The number of halogens is 6. The predicted molar refractivity (Wildman–Crippen MR) is 170 cm³/mol. The average Bonchev–Trinajstić information content (AvgIpc) is 3.00. The Kier molecular flexibility index (Phi) is 22.9. The van der Waals surface area contributed by atoms with Gasteiger partial charge in [-0.25, -0.2) is 0 Å². The predicted octanol–water partition coefficient (Wildman–Crippen LogP) is 6.28. The van der Waals surface area contributed by atoms with Crippen molar-refractivity contribution in [1.29, 1.82) is 0 Å². The molecule has 0 aliphatic heterocycles. The van der Waals surface area contributed by atoms with Crippen molar-refractivity contribution in [3.05, 3.63) is 58.7 Å². The Morgan fingerprint density at radius 2 is 0.818 bits per heavy atom. The normalized spacial score (nSPS) is 11.5. The molecule has 0 amide bonds. The van der Waals surface area contributed by atoms with Crippen molar-refractivity contribution in [3.8, 4) is 11.1 Å². The molecular formula is C32H54F6N6. The lowest BCUT2D eigenvalue weighted by molar-refractivity contribution is -0.143. The van der Waals surface area contributed by atoms with Crippen molar-refractivity contribution < 1.29 is 26.3 Å². The molecule has 0 bridgehead atoms. The Morgan fingerprint density at radius 1 is 0.477 bits per heavy atom. The third-order valence-corrected chi connectivity index (χ3v) is 6.16. The van der Waals surface area contributed by atoms with Gasteiger partial charge in [-0.3, -0.25) is 0 Å². The van der Waals surface area contributed by atoms with E-state index in [1.54, 1.807) is 12.1 Å². The molecule has 12 heteroatoms. The van der Waals surface area contributed by atoms with Crippen LogP contribution in [-0.4, -0.2) is 52.4 Å². The molecule has 0 spiro atoms. The minimum atomic E-state index is -4.91.